The number of Topliss-reactive ketones (excluding diaryl/α,β-unsaturated/α-hetero) is 1. The molecule has 1 aliphatic carbocycles. The molecule has 0 saturated heterocycles. The van der Waals surface area contributed by atoms with Crippen LogP contribution in [0.25, 0.3) is 20.5 Å². The third kappa shape index (κ3) is 8.00. The number of thiophene rings is 1. The van der Waals surface area contributed by atoms with Crippen molar-refractivity contribution in [3.8, 4) is 27.7 Å². The Bertz CT molecular complexity index is 1510. The molecule has 0 radical (unpaired) electrons. The summed E-state index contributed by atoms with van der Waals surface area (Å²) in [4.78, 5) is 26.4. The van der Waals surface area contributed by atoms with Gasteiger partial charge in [-0.25, -0.2) is 0 Å². The summed E-state index contributed by atoms with van der Waals surface area (Å²) in [5.74, 6) is 1.84. The molecule has 5 rings (SSSR count). The molecule has 1 aromatic heterocycles. The molecule has 1 aliphatic rings. The van der Waals surface area contributed by atoms with Crippen LogP contribution in [0, 0.1) is 5.92 Å². The Hall–Kier alpha value is -3.76. The zero-order valence-corrected chi connectivity index (χ0v) is 25.0. The number of carbonyl (C=O) groups is 2. The van der Waals surface area contributed by atoms with Crippen LogP contribution in [-0.4, -0.2) is 70.0 Å². The zero-order chi connectivity index (χ0) is 30.0. The molecule has 0 spiro atoms. The van der Waals surface area contributed by atoms with Gasteiger partial charge in [0.2, 0.25) is 0 Å². The molecular formula is C34H36O8S. The third-order valence-electron chi connectivity index (χ3n) is 7.41. The Morgan fingerprint density at radius 1 is 0.814 bits per heavy atom. The summed E-state index contributed by atoms with van der Waals surface area (Å²) in [6, 6.07) is 19.7. The molecule has 0 amide bonds. The minimum Gasteiger partial charge on any atom is -0.508 e. The number of hydrogen-bond acceptors (Lipinski definition) is 9. The van der Waals surface area contributed by atoms with Gasteiger partial charge in [0.05, 0.1) is 40.1 Å². The van der Waals surface area contributed by atoms with Crippen molar-refractivity contribution >= 4 is 33.0 Å². The van der Waals surface area contributed by atoms with Crippen molar-refractivity contribution in [3.05, 3.63) is 77.9 Å². The topological polar surface area (TPSA) is 101 Å². The van der Waals surface area contributed by atoms with Gasteiger partial charge in [-0.15, -0.1) is 11.3 Å². The van der Waals surface area contributed by atoms with Crippen LogP contribution in [-0.2, 0) is 19.0 Å². The summed E-state index contributed by atoms with van der Waals surface area (Å²) in [6.07, 6.45) is 3.14. The van der Waals surface area contributed by atoms with Crippen LogP contribution in [0.3, 0.4) is 0 Å². The molecule has 0 unspecified atom stereocenters. The molecule has 8 nitrogen and oxygen atoms in total. The Labute approximate surface area is 255 Å². The molecule has 1 heterocycles. The lowest BCUT2D eigenvalue weighted by Crippen LogP contribution is -2.26. The largest absolute Gasteiger partial charge is 0.508 e. The van der Waals surface area contributed by atoms with Gasteiger partial charge in [-0.2, -0.15) is 0 Å². The first-order valence-corrected chi connectivity index (χ1v) is 15.3. The Morgan fingerprint density at radius 3 is 2.12 bits per heavy atom. The molecule has 1 N–H and O–H groups in total. The van der Waals surface area contributed by atoms with Crippen LogP contribution < -0.4 is 9.47 Å². The van der Waals surface area contributed by atoms with Crippen molar-refractivity contribution in [1.29, 1.82) is 0 Å². The Morgan fingerprint density at radius 2 is 1.47 bits per heavy atom. The molecule has 1 saturated carbocycles. The van der Waals surface area contributed by atoms with Gasteiger partial charge in [0.15, 0.2) is 11.6 Å². The fourth-order valence-electron chi connectivity index (χ4n) is 4.78. The number of phenols is 1. The maximum Gasteiger partial charge on any atom is 0.195 e. The second-order valence-corrected chi connectivity index (χ2v) is 11.3. The fourth-order valence-corrected chi connectivity index (χ4v) is 6.02. The number of hydrogen-bond donors (Lipinski definition) is 1. The number of carbonyl (C=O) groups excluding carboxylic acids is 2. The van der Waals surface area contributed by atoms with Crippen molar-refractivity contribution in [3.63, 3.8) is 0 Å². The molecule has 226 valence electrons. The van der Waals surface area contributed by atoms with E-state index >= 15 is 0 Å². The van der Waals surface area contributed by atoms with E-state index in [1.54, 1.807) is 49.6 Å². The number of ether oxygens (including phenoxy) is 5. The van der Waals surface area contributed by atoms with Crippen molar-refractivity contribution in [2.24, 2.45) is 5.92 Å². The van der Waals surface area contributed by atoms with E-state index in [0.29, 0.717) is 56.5 Å². The maximum atomic E-state index is 13.8. The molecule has 1 fully saturated rings. The smallest absolute Gasteiger partial charge is 0.195 e. The molecular weight excluding hydrogens is 568 g/mol. The van der Waals surface area contributed by atoms with E-state index in [1.165, 1.54) is 11.3 Å². The molecule has 0 atom stereocenters. The van der Waals surface area contributed by atoms with Gasteiger partial charge in [0, 0.05) is 32.0 Å². The molecule has 4 aromatic rings. The number of fused-ring (bicyclic) bond motifs is 1. The van der Waals surface area contributed by atoms with Crippen molar-refractivity contribution in [2.75, 3.05) is 53.4 Å². The minimum absolute atomic E-state index is 0.104. The van der Waals surface area contributed by atoms with Gasteiger partial charge < -0.3 is 28.8 Å². The quantitative estimate of drug-likeness (QED) is 0.111. The van der Waals surface area contributed by atoms with E-state index in [4.69, 9.17) is 23.7 Å². The number of rotatable bonds is 17. The van der Waals surface area contributed by atoms with Gasteiger partial charge in [0.25, 0.3) is 0 Å². The second kappa shape index (κ2) is 15.1. The summed E-state index contributed by atoms with van der Waals surface area (Å²) in [7, 11) is 1.62. The predicted molar refractivity (Wildman–Crippen MR) is 166 cm³/mol. The SMILES string of the molecule is COc1ccc(-c2sc3cc(O)ccc3c2C(=O)c2ccc(OCCOCCOCCOCC(=O)C3CCC3)cc2)cc1. The first-order valence-electron chi connectivity index (χ1n) is 14.5. The van der Waals surface area contributed by atoms with Gasteiger partial charge >= 0.3 is 0 Å². The normalized spacial score (nSPS) is 13.1. The number of methoxy groups -OCH3 is 1. The maximum absolute atomic E-state index is 13.8. The van der Waals surface area contributed by atoms with Crippen molar-refractivity contribution in [2.45, 2.75) is 19.3 Å². The van der Waals surface area contributed by atoms with Gasteiger partial charge in [0.1, 0.15) is 30.5 Å². The lowest BCUT2D eigenvalue weighted by molar-refractivity contribution is -0.130. The average Bonchev–Trinajstić information content (AvgIpc) is 3.37. The molecule has 3 aromatic carbocycles. The average molecular weight is 605 g/mol. The van der Waals surface area contributed by atoms with Crippen LogP contribution in [0.2, 0.25) is 0 Å². The monoisotopic (exact) mass is 604 g/mol. The van der Waals surface area contributed by atoms with Gasteiger partial charge in [-0.3, -0.25) is 9.59 Å². The first-order chi connectivity index (χ1) is 21.0. The molecule has 0 aliphatic heterocycles. The molecule has 43 heavy (non-hydrogen) atoms. The lowest BCUT2D eigenvalue weighted by atomic mass is 9.82. The third-order valence-corrected chi connectivity index (χ3v) is 8.62. The van der Waals surface area contributed by atoms with E-state index in [2.05, 4.69) is 0 Å². The molecule has 0 bridgehead atoms. The summed E-state index contributed by atoms with van der Waals surface area (Å²) >= 11 is 1.47. The first kappa shape index (κ1) is 30.7. The van der Waals surface area contributed by atoms with Crippen molar-refractivity contribution < 1.29 is 38.4 Å². The summed E-state index contributed by atoms with van der Waals surface area (Å²) in [5.41, 5.74) is 2.04. The fraction of sp³-hybridized carbons (Fsp3) is 0.353. The van der Waals surface area contributed by atoms with Gasteiger partial charge in [-0.1, -0.05) is 6.42 Å². The van der Waals surface area contributed by atoms with Crippen LogP contribution in [0.1, 0.15) is 35.2 Å². The van der Waals surface area contributed by atoms with Crippen LogP contribution in [0.5, 0.6) is 17.2 Å². The summed E-state index contributed by atoms with van der Waals surface area (Å²) in [5, 5.41) is 10.8. The van der Waals surface area contributed by atoms with Crippen LogP contribution in [0.15, 0.2) is 66.7 Å². The number of ketones is 2. The molecule has 9 heteroatoms. The van der Waals surface area contributed by atoms with E-state index in [9.17, 15) is 14.7 Å². The standard InChI is InChI=1S/C34H36O8S/c1-38-27-10-7-25(8-11-27)34-32(29-14-9-26(35)21-31(29)43-34)33(37)24-5-12-28(13-6-24)42-20-19-40-16-15-39-17-18-41-22-30(36)23-3-2-4-23/h5-14,21,23,35H,2-4,15-20,22H2,1H3. The van der Waals surface area contributed by atoms with Crippen LogP contribution in [0.4, 0.5) is 0 Å². The number of aromatic hydroxyl groups is 1. The highest BCUT2D eigenvalue weighted by molar-refractivity contribution is 7.22. The Kier molecular flexibility index (Phi) is 10.8. The number of phenolic OH excluding ortho intramolecular Hbond substituents is 1. The summed E-state index contributed by atoms with van der Waals surface area (Å²) < 4.78 is 28.3. The Balaban J connectivity index is 1.08. The van der Waals surface area contributed by atoms with Gasteiger partial charge in [-0.05, 0) is 85.1 Å². The summed E-state index contributed by atoms with van der Waals surface area (Å²) in [6.45, 7) is 2.63. The van der Waals surface area contributed by atoms with Crippen molar-refractivity contribution in [1.82, 2.24) is 0 Å². The highest BCUT2D eigenvalue weighted by Gasteiger charge is 2.25. The van der Waals surface area contributed by atoms with E-state index in [0.717, 1.165) is 45.5 Å². The van der Waals surface area contributed by atoms with E-state index in [-0.39, 0.29) is 29.8 Å². The highest BCUT2D eigenvalue weighted by Crippen LogP contribution is 2.41. The second-order valence-electron chi connectivity index (χ2n) is 10.3. The minimum atomic E-state index is -0.104. The lowest BCUT2D eigenvalue weighted by Gasteiger charge is -2.23. The highest BCUT2D eigenvalue weighted by atomic mass is 32.1. The number of benzene rings is 3. The zero-order valence-electron chi connectivity index (χ0n) is 24.2. The van der Waals surface area contributed by atoms with Crippen LogP contribution >= 0.6 is 11.3 Å². The predicted octanol–water partition coefficient (Wildman–Crippen LogP) is 6.31. The van der Waals surface area contributed by atoms with E-state index in [1.807, 2.05) is 24.3 Å². The van der Waals surface area contributed by atoms with E-state index < -0.39 is 0 Å².